The standard InChI is InChI=1S/C21H21FN4OS/c22-15-6-3-7-16(14-15)26-19(17-8-4-13-28-17)23-18(24-26)20(27)25-12-5-11-21(25)9-1-2-10-21/h3-4,6-8,13-14H,1-2,5,9-12H2. The van der Waals surface area contributed by atoms with E-state index in [1.165, 1.54) is 36.3 Å². The van der Waals surface area contributed by atoms with Crippen LogP contribution in [0.4, 0.5) is 4.39 Å². The fourth-order valence-corrected chi connectivity index (χ4v) is 5.38. The molecule has 0 bridgehead atoms. The average Bonchev–Trinajstić information content (AvgIpc) is 3.49. The fraction of sp³-hybridized carbons (Fsp3) is 0.381. The van der Waals surface area contributed by atoms with Crippen LogP contribution < -0.4 is 0 Å². The summed E-state index contributed by atoms with van der Waals surface area (Å²) in [7, 11) is 0. The van der Waals surface area contributed by atoms with Gasteiger partial charge in [-0.1, -0.05) is 25.0 Å². The van der Waals surface area contributed by atoms with Gasteiger partial charge in [-0.15, -0.1) is 16.4 Å². The molecule has 2 aliphatic rings. The van der Waals surface area contributed by atoms with Gasteiger partial charge in [-0.25, -0.2) is 14.1 Å². The van der Waals surface area contributed by atoms with Gasteiger partial charge in [0.15, 0.2) is 5.82 Å². The Morgan fingerprint density at radius 2 is 1.93 bits per heavy atom. The van der Waals surface area contributed by atoms with Crippen molar-refractivity contribution in [2.75, 3.05) is 6.54 Å². The molecule has 5 nitrogen and oxygen atoms in total. The van der Waals surface area contributed by atoms with Crippen LogP contribution >= 0.6 is 11.3 Å². The lowest BCUT2D eigenvalue weighted by Crippen LogP contribution is -2.45. The van der Waals surface area contributed by atoms with Crippen LogP contribution in [0.1, 0.15) is 49.1 Å². The first kappa shape index (κ1) is 17.6. The lowest BCUT2D eigenvalue weighted by molar-refractivity contribution is 0.0591. The number of likely N-dealkylation sites (tertiary alicyclic amines) is 1. The summed E-state index contributed by atoms with van der Waals surface area (Å²) in [5.74, 6) is 0.319. The van der Waals surface area contributed by atoms with Crippen LogP contribution in [0.15, 0.2) is 41.8 Å². The summed E-state index contributed by atoms with van der Waals surface area (Å²) in [5, 5.41) is 6.48. The number of halogens is 1. The molecule has 0 unspecified atom stereocenters. The zero-order chi connectivity index (χ0) is 19.1. The third-order valence-corrected chi connectivity index (χ3v) is 6.83. The molecule has 0 N–H and O–H groups in total. The SMILES string of the molecule is O=C(c1nc(-c2cccs2)n(-c2cccc(F)c2)n1)N1CCCC12CCCC2. The third kappa shape index (κ3) is 2.85. The van der Waals surface area contributed by atoms with Crippen LogP contribution in [0, 0.1) is 5.82 Å². The zero-order valence-electron chi connectivity index (χ0n) is 15.5. The Bertz CT molecular complexity index is 1000. The molecule has 3 heterocycles. The van der Waals surface area contributed by atoms with Crippen molar-refractivity contribution in [3.63, 3.8) is 0 Å². The topological polar surface area (TPSA) is 51.0 Å². The highest BCUT2D eigenvalue weighted by atomic mass is 32.1. The summed E-state index contributed by atoms with van der Waals surface area (Å²) in [5.41, 5.74) is 0.553. The van der Waals surface area contributed by atoms with E-state index in [1.807, 2.05) is 22.4 Å². The number of aromatic nitrogens is 3. The summed E-state index contributed by atoms with van der Waals surface area (Å²) in [4.78, 5) is 20.9. The van der Waals surface area contributed by atoms with Crippen molar-refractivity contribution in [2.24, 2.45) is 0 Å². The summed E-state index contributed by atoms with van der Waals surface area (Å²) >= 11 is 1.52. The maximum Gasteiger partial charge on any atom is 0.294 e. The van der Waals surface area contributed by atoms with Crippen molar-refractivity contribution in [2.45, 2.75) is 44.1 Å². The fourth-order valence-electron chi connectivity index (χ4n) is 4.68. The third-order valence-electron chi connectivity index (χ3n) is 5.97. The van der Waals surface area contributed by atoms with Crippen LogP contribution in [-0.2, 0) is 0 Å². The van der Waals surface area contributed by atoms with Crippen LogP contribution in [0.3, 0.4) is 0 Å². The highest BCUT2D eigenvalue weighted by Gasteiger charge is 2.46. The van der Waals surface area contributed by atoms with E-state index in [0.717, 1.165) is 37.1 Å². The molecule has 1 spiro atoms. The number of rotatable bonds is 3. The summed E-state index contributed by atoms with van der Waals surface area (Å²) in [6.07, 6.45) is 6.60. The quantitative estimate of drug-likeness (QED) is 0.646. The van der Waals surface area contributed by atoms with E-state index in [1.54, 1.807) is 16.8 Å². The molecule has 1 saturated heterocycles. The van der Waals surface area contributed by atoms with Crippen molar-refractivity contribution in [3.8, 4) is 16.4 Å². The van der Waals surface area contributed by atoms with E-state index in [9.17, 15) is 9.18 Å². The van der Waals surface area contributed by atoms with Gasteiger partial charge in [-0.3, -0.25) is 4.79 Å². The second kappa shape index (κ2) is 6.81. The Morgan fingerprint density at radius 3 is 2.68 bits per heavy atom. The molecule has 144 valence electrons. The largest absolute Gasteiger partial charge is 0.330 e. The first-order chi connectivity index (χ1) is 13.7. The van der Waals surface area contributed by atoms with Crippen LogP contribution in [0.2, 0.25) is 0 Å². The van der Waals surface area contributed by atoms with Crippen molar-refractivity contribution >= 4 is 17.2 Å². The molecule has 0 atom stereocenters. The van der Waals surface area contributed by atoms with Crippen molar-refractivity contribution in [3.05, 3.63) is 53.4 Å². The number of nitrogens with zero attached hydrogens (tertiary/aromatic N) is 4. The molecule has 1 aliphatic heterocycles. The van der Waals surface area contributed by atoms with Gasteiger partial charge in [0.1, 0.15) is 5.82 Å². The Kier molecular flexibility index (Phi) is 4.27. The molecule has 2 fully saturated rings. The van der Waals surface area contributed by atoms with Crippen molar-refractivity contribution in [1.29, 1.82) is 0 Å². The number of benzene rings is 1. The van der Waals surface area contributed by atoms with Gasteiger partial charge < -0.3 is 4.90 Å². The molecular formula is C21H21FN4OS. The average molecular weight is 396 g/mol. The molecule has 1 aromatic carbocycles. The predicted octanol–water partition coefficient (Wildman–Crippen LogP) is 4.68. The highest BCUT2D eigenvalue weighted by Crippen LogP contribution is 2.43. The smallest absolute Gasteiger partial charge is 0.294 e. The molecule has 7 heteroatoms. The van der Waals surface area contributed by atoms with Gasteiger partial charge in [-0.2, -0.15) is 0 Å². The van der Waals surface area contributed by atoms with E-state index in [0.29, 0.717) is 11.5 Å². The van der Waals surface area contributed by atoms with E-state index < -0.39 is 0 Å². The van der Waals surface area contributed by atoms with E-state index in [4.69, 9.17) is 0 Å². The number of amides is 1. The van der Waals surface area contributed by atoms with Crippen LogP contribution in [0.5, 0.6) is 0 Å². The number of thiophene rings is 1. The summed E-state index contributed by atoms with van der Waals surface area (Å²) in [6, 6.07) is 10.1. The summed E-state index contributed by atoms with van der Waals surface area (Å²) < 4.78 is 15.4. The highest BCUT2D eigenvalue weighted by molar-refractivity contribution is 7.13. The van der Waals surface area contributed by atoms with Gasteiger partial charge >= 0.3 is 0 Å². The minimum atomic E-state index is -0.345. The number of hydrogen-bond donors (Lipinski definition) is 0. The van der Waals surface area contributed by atoms with Gasteiger partial charge in [0.05, 0.1) is 10.6 Å². The Hall–Kier alpha value is -2.54. The van der Waals surface area contributed by atoms with Crippen LogP contribution in [-0.4, -0.2) is 37.7 Å². The van der Waals surface area contributed by atoms with Gasteiger partial charge in [0, 0.05) is 12.1 Å². The Morgan fingerprint density at radius 1 is 1.11 bits per heavy atom. The number of carbonyl (C=O) groups excluding carboxylic acids is 1. The molecule has 28 heavy (non-hydrogen) atoms. The van der Waals surface area contributed by atoms with Gasteiger partial charge in [0.25, 0.3) is 5.91 Å². The lowest BCUT2D eigenvalue weighted by atomic mass is 9.94. The summed E-state index contributed by atoms with van der Waals surface area (Å²) in [6.45, 7) is 0.766. The molecular weight excluding hydrogens is 375 g/mol. The van der Waals surface area contributed by atoms with Crippen molar-refractivity contribution < 1.29 is 9.18 Å². The van der Waals surface area contributed by atoms with E-state index in [-0.39, 0.29) is 23.1 Å². The van der Waals surface area contributed by atoms with Gasteiger partial charge in [-0.05, 0) is 55.3 Å². The maximum absolute atomic E-state index is 13.8. The minimum absolute atomic E-state index is 0.00943. The predicted molar refractivity (Wildman–Crippen MR) is 106 cm³/mol. The molecule has 0 radical (unpaired) electrons. The molecule has 3 aromatic rings. The Labute approximate surface area is 166 Å². The molecule has 1 amide bonds. The lowest BCUT2D eigenvalue weighted by Gasteiger charge is -2.34. The zero-order valence-corrected chi connectivity index (χ0v) is 16.3. The minimum Gasteiger partial charge on any atom is -0.330 e. The van der Waals surface area contributed by atoms with Crippen molar-refractivity contribution in [1.82, 2.24) is 19.7 Å². The van der Waals surface area contributed by atoms with Gasteiger partial charge in [0.2, 0.25) is 5.82 Å². The van der Waals surface area contributed by atoms with E-state index >= 15 is 0 Å². The molecule has 5 rings (SSSR count). The second-order valence-electron chi connectivity index (χ2n) is 7.62. The second-order valence-corrected chi connectivity index (χ2v) is 8.57. The monoisotopic (exact) mass is 396 g/mol. The molecule has 1 saturated carbocycles. The normalized spacial score (nSPS) is 18.2. The Balaban J connectivity index is 1.57. The molecule has 2 aromatic heterocycles. The number of hydrogen-bond acceptors (Lipinski definition) is 4. The van der Waals surface area contributed by atoms with Crippen LogP contribution in [0.25, 0.3) is 16.4 Å². The first-order valence-corrected chi connectivity index (χ1v) is 10.6. The molecule has 1 aliphatic carbocycles. The number of carbonyl (C=O) groups is 1. The first-order valence-electron chi connectivity index (χ1n) is 9.75. The maximum atomic E-state index is 13.8. The van der Waals surface area contributed by atoms with E-state index in [2.05, 4.69) is 10.1 Å².